The highest BCUT2D eigenvalue weighted by molar-refractivity contribution is 7.15. The molecule has 1 aromatic carbocycles. The number of rotatable bonds is 4. The first kappa shape index (κ1) is 18.8. The molecule has 0 unspecified atom stereocenters. The number of likely N-dealkylation sites (tertiary alicyclic amines) is 1. The number of halogens is 1. The molecule has 4 rings (SSSR count). The van der Waals surface area contributed by atoms with E-state index in [2.05, 4.69) is 4.98 Å². The van der Waals surface area contributed by atoms with Gasteiger partial charge in [-0.1, -0.05) is 18.2 Å². The van der Waals surface area contributed by atoms with Crippen molar-refractivity contribution < 1.29 is 9.18 Å². The predicted molar refractivity (Wildman–Crippen MR) is 107 cm³/mol. The predicted octanol–water partition coefficient (Wildman–Crippen LogP) is 3.69. The molecule has 5 nitrogen and oxygen atoms in total. The van der Waals surface area contributed by atoms with Crippen LogP contribution in [-0.4, -0.2) is 33.3 Å². The lowest BCUT2D eigenvalue weighted by molar-refractivity contribution is 0.0684. The summed E-state index contributed by atoms with van der Waals surface area (Å²) in [4.78, 5) is 32.2. The summed E-state index contributed by atoms with van der Waals surface area (Å²) in [7, 11) is 0. The van der Waals surface area contributed by atoms with Gasteiger partial charge in [-0.15, -0.1) is 11.3 Å². The van der Waals surface area contributed by atoms with Crippen molar-refractivity contribution in [3.8, 4) is 0 Å². The van der Waals surface area contributed by atoms with E-state index in [0.29, 0.717) is 30.4 Å². The van der Waals surface area contributed by atoms with Gasteiger partial charge in [0.25, 0.3) is 11.5 Å². The highest BCUT2D eigenvalue weighted by Gasteiger charge is 2.26. The number of thiazole rings is 1. The monoisotopic (exact) mass is 399 g/mol. The smallest absolute Gasteiger partial charge is 0.271 e. The molecule has 1 saturated heterocycles. The summed E-state index contributed by atoms with van der Waals surface area (Å²) in [6, 6.07) is 6.89. The molecule has 0 atom stereocenters. The summed E-state index contributed by atoms with van der Waals surface area (Å²) in [6.45, 7) is 3.07. The van der Waals surface area contributed by atoms with Crippen molar-refractivity contribution in [3.05, 3.63) is 68.8 Å². The van der Waals surface area contributed by atoms with Crippen molar-refractivity contribution >= 4 is 22.2 Å². The summed E-state index contributed by atoms with van der Waals surface area (Å²) in [5.74, 6) is 0.0664. The summed E-state index contributed by atoms with van der Waals surface area (Å²) >= 11 is 1.39. The number of piperidine rings is 1. The molecule has 0 spiro atoms. The first-order chi connectivity index (χ1) is 13.5. The van der Waals surface area contributed by atoms with Crippen LogP contribution in [0.25, 0.3) is 4.96 Å². The van der Waals surface area contributed by atoms with E-state index in [1.54, 1.807) is 11.0 Å². The first-order valence-corrected chi connectivity index (χ1v) is 10.4. The van der Waals surface area contributed by atoms with Gasteiger partial charge in [0.2, 0.25) is 0 Å². The van der Waals surface area contributed by atoms with Crippen LogP contribution in [0.2, 0.25) is 0 Å². The maximum absolute atomic E-state index is 13.8. The van der Waals surface area contributed by atoms with E-state index < -0.39 is 0 Å². The van der Waals surface area contributed by atoms with Crippen LogP contribution in [0.3, 0.4) is 0 Å². The Hall–Kier alpha value is -2.54. The molecule has 3 aromatic rings. The molecular formula is C21H22FN3O2S. The summed E-state index contributed by atoms with van der Waals surface area (Å²) in [6.07, 6.45) is 4.77. The Morgan fingerprint density at radius 3 is 2.79 bits per heavy atom. The van der Waals surface area contributed by atoms with Crippen LogP contribution >= 0.6 is 11.3 Å². The number of hydrogen-bond acceptors (Lipinski definition) is 4. The van der Waals surface area contributed by atoms with Crippen LogP contribution in [-0.2, 0) is 6.42 Å². The van der Waals surface area contributed by atoms with Gasteiger partial charge in [0.1, 0.15) is 11.4 Å². The highest BCUT2D eigenvalue weighted by atomic mass is 32.1. The van der Waals surface area contributed by atoms with Crippen LogP contribution in [0, 0.1) is 18.7 Å². The van der Waals surface area contributed by atoms with Crippen LogP contribution < -0.4 is 5.56 Å². The van der Waals surface area contributed by atoms with Crippen LogP contribution in [0.5, 0.6) is 0 Å². The number of carbonyl (C=O) groups is 1. The van der Waals surface area contributed by atoms with E-state index >= 15 is 0 Å². The van der Waals surface area contributed by atoms with E-state index in [1.165, 1.54) is 28.0 Å². The zero-order valence-corrected chi connectivity index (χ0v) is 16.5. The number of carbonyl (C=O) groups excluding carboxylic acids is 1. The highest BCUT2D eigenvalue weighted by Crippen LogP contribution is 2.24. The minimum absolute atomic E-state index is 0.129. The van der Waals surface area contributed by atoms with E-state index in [-0.39, 0.29) is 22.8 Å². The van der Waals surface area contributed by atoms with E-state index in [4.69, 9.17) is 0 Å². The van der Waals surface area contributed by atoms with Crippen molar-refractivity contribution in [2.75, 3.05) is 13.1 Å². The van der Waals surface area contributed by atoms with Gasteiger partial charge in [0.05, 0.1) is 0 Å². The number of fused-ring (bicyclic) bond motifs is 1. The topological polar surface area (TPSA) is 54.7 Å². The zero-order chi connectivity index (χ0) is 19.7. The quantitative estimate of drug-likeness (QED) is 0.672. The molecule has 0 radical (unpaired) electrons. The second kappa shape index (κ2) is 7.83. The maximum atomic E-state index is 13.8. The third-order valence-electron chi connectivity index (χ3n) is 5.53. The van der Waals surface area contributed by atoms with Gasteiger partial charge >= 0.3 is 0 Å². The molecular weight excluding hydrogens is 377 g/mol. The Kier molecular flexibility index (Phi) is 5.26. The summed E-state index contributed by atoms with van der Waals surface area (Å²) < 4.78 is 15.3. The lowest BCUT2D eigenvalue weighted by atomic mass is 9.90. The maximum Gasteiger partial charge on any atom is 0.271 e. The fraction of sp³-hybridized carbons (Fsp3) is 0.381. The normalized spacial score (nSPS) is 15.3. The number of aromatic nitrogens is 2. The lowest BCUT2D eigenvalue weighted by Crippen LogP contribution is -2.41. The number of benzene rings is 1. The van der Waals surface area contributed by atoms with Crippen molar-refractivity contribution in [1.29, 1.82) is 0 Å². The Labute approximate surface area is 166 Å². The molecule has 0 aliphatic carbocycles. The average molecular weight is 399 g/mol. The largest absolute Gasteiger partial charge is 0.338 e. The van der Waals surface area contributed by atoms with Gasteiger partial charge < -0.3 is 4.90 Å². The van der Waals surface area contributed by atoms with Crippen molar-refractivity contribution in [2.24, 2.45) is 5.92 Å². The fourth-order valence-corrected chi connectivity index (χ4v) is 4.65. The van der Waals surface area contributed by atoms with Gasteiger partial charge in [-0.2, -0.15) is 0 Å². The molecule has 2 aromatic heterocycles. The van der Waals surface area contributed by atoms with Gasteiger partial charge in [0.15, 0.2) is 4.96 Å². The van der Waals surface area contributed by atoms with E-state index in [9.17, 15) is 14.0 Å². The molecule has 0 N–H and O–H groups in total. The van der Waals surface area contributed by atoms with Gasteiger partial charge in [-0.05, 0) is 50.2 Å². The third kappa shape index (κ3) is 3.58. The number of amides is 1. The van der Waals surface area contributed by atoms with Crippen LogP contribution in [0.4, 0.5) is 4.39 Å². The van der Waals surface area contributed by atoms with Gasteiger partial charge in [0, 0.05) is 30.4 Å². The Morgan fingerprint density at radius 1 is 1.29 bits per heavy atom. The van der Waals surface area contributed by atoms with Crippen molar-refractivity contribution in [1.82, 2.24) is 14.3 Å². The first-order valence-electron chi connectivity index (χ1n) is 9.53. The lowest BCUT2D eigenvalue weighted by Gasteiger charge is -2.32. The van der Waals surface area contributed by atoms with Gasteiger partial charge in [-0.3, -0.25) is 14.0 Å². The molecule has 0 bridgehead atoms. The molecule has 28 heavy (non-hydrogen) atoms. The fourth-order valence-electron chi connectivity index (χ4n) is 3.83. The summed E-state index contributed by atoms with van der Waals surface area (Å²) in [5, 5.41) is 1.86. The van der Waals surface area contributed by atoms with Gasteiger partial charge in [-0.25, -0.2) is 9.37 Å². The summed E-state index contributed by atoms with van der Waals surface area (Å²) in [5.41, 5.74) is 1.37. The number of nitrogens with zero attached hydrogens (tertiary/aromatic N) is 3. The van der Waals surface area contributed by atoms with Crippen molar-refractivity contribution in [2.45, 2.75) is 32.6 Å². The number of aryl methyl sites for hydroxylation is 2. The number of hydrogen-bond donors (Lipinski definition) is 0. The second-order valence-corrected chi connectivity index (χ2v) is 8.17. The van der Waals surface area contributed by atoms with Crippen LogP contribution in [0.1, 0.15) is 40.9 Å². The SMILES string of the molecule is Cc1csc2ncc(C(=O)N3CCC(CCc4ccccc4F)CC3)c(=O)n12. The van der Waals surface area contributed by atoms with Crippen LogP contribution in [0.15, 0.2) is 40.6 Å². The Balaban J connectivity index is 1.39. The molecule has 1 aliphatic rings. The minimum Gasteiger partial charge on any atom is -0.338 e. The van der Waals surface area contributed by atoms with E-state index in [0.717, 1.165) is 30.5 Å². The standard InChI is InChI=1S/C21H22FN3O2S/c1-14-13-28-21-23-12-17(20(27)25(14)21)19(26)24-10-8-15(9-11-24)6-7-16-4-2-3-5-18(16)22/h2-5,12-13,15H,6-11H2,1H3. The van der Waals surface area contributed by atoms with E-state index in [1.807, 2.05) is 24.4 Å². The Morgan fingerprint density at radius 2 is 2.04 bits per heavy atom. The zero-order valence-electron chi connectivity index (χ0n) is 15.7. The molecule has 7 heteroatoms. The molecule has 1 aliphatic heterocycles. The minimum atomic E-state index is -0.296. The molecule has 146 valence electrons. The second-order valence-electron chi connectivity index (χ2n) is 7.34. The molecule has 1 fully saturated rings. The molecule has 0 saturated carbocycles. The van der Waals surface area contributed by atoms with Crippen molar-refractivity contribution in [3.63, 3.8) is 0 Å². The third-order valence-corrected chi connectivity index (χ3v) is 6.49. The Bertz CT molecular complexity index is 1070. The molecule has 3 heterocycles. The average Bonchev–Trinajstić information content (AvgIpc) is 3.09. The molecule has 1 amide bonds.